The van der Waals surface area contributed by atoms with Crippen molar-refractivity contribution in [2.45, 2.75) is 37.1 Å². The lowest BCUT2D eigenvalue weighted by Crippen LogP contribution is -2.57. The first-order valence-corrected chi connectivity index (χ1v) is 11.6. The number of carbonyl (C=O) groups is 3. The van der Waals surface area contributed by atoms with E-state index < -0.39 is 29.7 Å². The zero-order chi connectivity index (χ0) is 24.7. The van der Waals surface area contributed by atoms with E-state index in [9.17, 15) is 19.5 Å². The lowest BCUT2D eigenvalue weighted by Gasteiger charge is -2.40. The molecule has 3 aromatic rings. The molecular formula is C28H28N2O5. The first-order valence-electron chi connectivity index (χ1n) is 11.6. The monoisotopic (exact) mass is 472 g/mol. The van der Waals surface area contributed by atoms with Gasteiger partial charge in [-0.15, -0.1) is 0 Å². The summed E-state index contributed by atoms with van der Waals surface area (Å²) in [5, 5.41) is 12.3. The second kappa shape index (κ2) is 11.0. The molecule has 7 heteroatoms. The molecule has 1 heterocycles. The van der Waals surface area contributed by atoms with E-state index in [4.69, 9.17) is 4.74 Å². The first-order chi connectivity index (χ1) is 17.1. The molecule has 2 N–H and O–H groups in total. The zero-order valence-corrected chi connectivity index (χ0v) is 19.2. The van der Waals surface area contributed by atoms with Crippen molar-refractivity contribution < 1.29 is 24.2 Å². The smallest absolute Gasteiger partial charge is 0.407 e. The Bertz CT molecular complexity index is 1100. The van der Waals surface area contributed by atoms with Crippen LogP contribution >= 0.6 is 0 Å². The number of likely N-dealkylation sites (tertiary alicyclic amines) is 1. The summed E-state index contributed by atoms with van der Waals surface area (Å²) < 4.78 is 6.60. The molecular weight excluding hydrogens is 444 g/mol. The minimum atomic E-state index is -1.34. The summed E-state index contributed by atoms with van der Waals surface area (Å²) in [7, 11) is 0. The molecule has 2 atom stereocenters. The number of nitrogens with zero attached hydrogens (tertiary/aromatic N) is 1. The third-order valence-electron chi connectivity index (χ3n) is 6.39. The van der Waals surface area contributed by atoms with Crippen LogP contribution in [0, 0.1) is 0 Å². The van der Waals surface area contributed by atoms with Gasteiger partial charge in [0.15, 0.2) is 0 Å². The molecule has 0 saturated carbocycles. The molecule has 0 aromatic heterocycles. The number of carbonyl (C=O) groups excluding carboxylic acids is 2. The Kier molecular flexibility index (Phi) is 7.57. The fraction of sp³-hybridized carbons (Fsp3) is 0.250. The molecule has 1 saturated heterocycles. The lowest BCUT2D eigenvalue weighted by atomic mass is 9.80. The second-order valence-electron chi connectivity index (χ2n) is 8.50. The number of hydrogen-bond acceptors (Lipinski definition) is 4. The highest BCUT2D eigenvalue weighted by Crippen LogP contribution is 2.38. The maximum Gasteiger partial charge on any atom is 0.407 e. The van der Waals surface area contributed by atoms with Gasteiger partial charge in [-0.25, -0.2) is 4.79 Å². The van der Waals surface area contributed by atoms with Crippen molar-refractivity contribution in [1.29, 1.82) is 0 Å². The normalized spacial score (nSPS) is 16.5. The third-order valence-corrected chi connectivity index (χ3v) is 6.39. The molecule has 1 aliphatic heterocycles. The molecule has 180 valence electrons. The summed E-state index contributed by atoms with van der Waals surface area (Å²) in [6.45, 7) is 0.474. The molecule has 7 nitrogen and oxygen atoms in total. The predicted octanol–water partition coefficient (Wildman–Crippen LogP) is 3.97. The van der Waals surface area contributed by atoms with Crippen molar-refractivity contribution >= 4 is 18.3 Å². The highest BCUT2D eigenvalue weighted by atomic mass is 16.5. The Morgan fingerprint density at radius 2 is 1.51 bits per heavy atom. The summed E-state index contributed by atoms with van der Waals surface area (Å²) in [4.78, 5) is 38.7. The van der Waals surface area contributed by atoms with Crippen LogP contribution in [0.4, 0.5) is 4.79 Å². The van der Waals surface area contributed by atoms with E-state index in [1.54, 1.807) is 0 Å². The Labute approximate surface area is 204 Å². The van der Waals surface area contributed by atoms with Crippen LogP contribution in [0.1, 0.15) is 29.5 Å². The van der Waals surface area contributed by atoms with Gasteiger partial charge in [-0.05, 0) is 29.5 Å². The topological polar surface area (TPSA) is 95.9 Å². The highest BCUT2D eigenvalue weighted by molar-refractivity contribution is 5.88. The van der Waals surface area contributed by atoms with Crippen molar-refractivity contribution in [3.05, 3.63) is 108 Å². The van der Waals surface area contributed by atoms with Crippen LogP contribution in [0.15, 0.2) is 91.0 Å². The molecule has 3 aromatic carbocycles. The Morgan fingerprint density at radius 3 is 2.03 bits per heavy atom. The summed E-state index contributed by atoms with van der Waals surface area (Å²) in [6.07, 6.45) is 0.507. The van der Waals surface area contributed by atoms with Crippen LogP contribution in [0.2, 0.25) is 0 Å². The Hall–Kier alpha value is -3.97. The van der Waals surface area contributed by atoms with Gasteiger partial charge in [0, 0.05) is 6.54 Å². The standard InChI is InChI=1S/C28H28N2O5/c31-19-25(29-26(32)24-17-10-18-30(24)27(33)34)28(22-13-6-2-7-14-22,23-15-8-3-9-16-23)35-20-21-11-4-1-5-12-21/h1-9,11-16,19,24-25H,10,17-18,20H2,(H,29,32)(H,33,34)/t24-,25?/m0/s1. The molecule has 35 heavy (non-hydrogen) atoms. The molecule has 1 unspecified atom stereocenters. The first kappa shape index (κ1) is 24.2. The number of amides is 2. The zero-order valence-electron chi connectivity index (χ0n) is 19.2. The maximum absolute atomic E-state index is 13.3. The number of ether oxygens (including phenoxy) is 1. The maximum atomic E-state index is 13.3. The van der Waals surface area contributed by atoms with E-state index in [0.29, 0.717) is 30.3 Å². The molecule has 0 radical (unpaired) electrons. The number of aldehydes is 1. The number of rotatable bonds is 9. The molecule has 1 aliphatic rings. The lowest BCUT2D eigenvalue weighted by molar-refractivity contribution is -0.134. The van der Waals surface area contributed by atoms with Crippen LogP contribution in [-0.2, 0) is 26.5 Å². The average Bonchev–Trinajstić information content (AvgIpc) is 3.41. The van der Waals surface area contributed by atoms with Gasteiger partial charge >= 0.3 is 6.09 Å². The van der Waals surface area contributed by atoms with Gasteiger partial charge in [0.2, 0.25) is 5.91 Å². The third kappa shape index (κ3) is 5.10. The van der Waals surface area contributed by atoms with Crippen molar-refractivity contribution in [3.63, 3.8) is 0 Å². The van der Waals surface area contributed by atoms with E-state index in [1.165, 1.54) is 0 Å². The van der Waals surface area contributed by atoms with Gasteiger partial charge < -0.3 is 20.0 Å². The minimum Gasteiger partial charge on any atom is -0.465 e. The molecule has 4 rings (SSSR count). The minimum absolute atomic E-state index is 0.190. The average molecular weight is 473 g/mol. The van der Waals surface area contributed by atoms with E-state index >= 15 is 0 Å². The van der Waals surface area contributed by atoms with Crippen molar-refractivity contribution in [2.24, 2.45) is 0 Å². The van der Waals surface area contributed by atoms with Gasteiger partial charge in [0.25, 0.3) is 0 Å². The van der Waals surface area contributed by atoms with Gasteiger partial charge in [-0.1, -0.05) is 91.0 Å². The van der Waals surface area contributed by atoms with Gasteiger partial charge in [-0.3, -0.25) is 9.69 Å². The van der Waals surface area contributed by atoms with E-state index in [-0.39, 0.29) is 13.2 Å². The molecule has 0 spiro atoms. The summed E-state index contributed by atoms with van der Waals surface area (Å²) in [6, 6.07) is 26.2. The van der Waals surface area contributed by atoms with Crippen LogP contribution in [-0.4, -0.2) is 46.9 Å². The van der Waals surface area contributed by atoms with Gasteiger partial charge in [0.05, 0.1) is 6.61 Å². The van der Waals surface area contributed by atoms with Crippen molar-refractivity contribution in [2.75, 3.05) is 6.54 Å². The van der Waals surface area contributed by atoms with Crippen LogP contribution in [0.3, 0.4) is 0 Å². The van der Waals surface area contributed by atoms with Crippen molar-refractivity contribution in [3.8, 4) is 0 Å². The summed E-state index contributed by atoms with van der Waals surface area (Å²) in [5.74, 6) is -0.512. The number of carboxylic acid groups (broad SMARTS) is 1. The fourth-order valence-corrected chi connectivity index (χ4v) is 4.67. The number of nitrogens with one attached hydrogen (secondary N) is 1. The van der Waals surface area contributed by atoms with Gasteiger partial charge in [0.1, 0.15) is 24.0 Å². The molecule has 2 amide bonds. The largest absolute Gasteiger partial charge is 0.465 e. The fourth-order valence-electron chi connectivity index (χ4n) is 4.67. The number of benzene rings is 3. The highest BCUT2D eigenvalue weighted by Gasteiger charge is 2.46. The Morgan fingerprint density at radius 1 is 0.971 bits per heavy atom. The van der Waals surface area contributed by atoms with E-state index in [0.717, 1.165) is 10.5 Å². The van der Waals surface area contributed by atoms with Crippen molar-refractivity contribution in [1.82, 2.24) is 10.2 Å². The second-order valence-corrected chi connectivity index (χ2v) is 8.50. The summed E-state index contributed by atoms with van der Waals surface area (Å²) >= 11 is 0. The summed E-state index contributed by atoms with van der Waals surface area (Å²) in [5.41, 5.74) is 0.956. The van der Waals surface area contributed by atoms with E-state index in [2.05, 4.69) is 5.32 Å². The van der Waals surface area contributed by atoms with Gasteiger partial charge in [-0.2, -0.15) is 0 Å². The van der Waals surface area contributed by atoms with Crippen LogP contribution in [0.25, 0.3) is 0 Å². The van der Waals surface area contributed by atoms with Crippen LogP contribution < -0.4 is 5.32 Å². The quantitative estimate of drug-likeness (QED) is 0.460. The van der Waals surface area contributed by atoms with E-state index in [1.807, 2.05) is 91.0 Å². The predicted molar refractivity (Wildman–Crippen MR) is 131 cm³/mol. The molecule has 0 aliphatic carbocycles. The molecule has 0 bridgehead atoms. The number of hydrogen-bond donors (Lipinski definition) is 2. The Balaban J connectivity index is 1.77. The van der Waals surface area contributed by atoms with Crippen LogP contribution in [0.5, 0.6) is 0 Å². The molecule has 1 fully saturated rings. The SMILES string of the molecule is O=CC(NC(=O)[C@@H]1CCCN1C(=O)O)C(OCc1ccccc1)(c1ccccc1)c1ccccc1.